The van der Waals surface area contributed by atoms with Crippen molar-refractivity contribution in [3.05, 3.63) is 29.3 Å². The molecule has 1 aliphatic rings. The molecule has 0 atom stereocenters. The van der Waals surface area contributed by atoms with E-state index in [1.54, 1.807) is 19.1 Å². The highest BCUT2D eigenvalue weighted by Gasteiger charge is 2.28. The Morgan fingerprint density at radius 2 is 1.86 bits per heavy atom. The van der Waals surface area contributed by atoms with Crippen LogP contribution in [-0.2, 0) is 10.0 Å². The van der Waals surface area contributed by atoms with E-state index in [4.69, 9.17) is 0 Å². The topological polar surface area (TPSA) is 69.7 Å². The first-order valence-corrected chi connectivity index (χ1v) is 8.89. The van der Waals surface area contributed by atoms with Gasteiger partial charge in [-0.1, -0.05) is 13.0 Å². The number of hydrogen-bond donors (Lipinski definition) is 1. The average Bonchev–Trinajstić information content (AvgIpc) is 2.54. The number of nitrogens with zero attached hydrogens (tertiary/aromatic N) is 2. The minimum atomic E-state index is -3.55. The average molecular weight is 325 g/mol. The Labute approximate surface area is 132 Å². The quantitative estimate of drug-likeness (QED) is 0.884. The largest absolute Gasteiger partial charge is 0.355 e. The maximum Gasteiger partial charge on any atom is 0.251 e. The zero-order valence-electron chi connectivity index (χ0n) is 13.3. The van der Waals surface area contributed by atoms with Gasteiger partial charge in [0.2, 0.25) is 10.0 Å². The first kappa shape index (κ1) is 16.9. The Balaban J connectivity index is 2.28. The Bertz CT molecular complexity index is 650. The van der Waals surface area contributed by atoms with E-state index in [1.165, 1.54) is 17.4 Å². The highest BCUT2D eigenvalue weighted by Crippen LogP contribution is 2.21. The van der Waals surface area contributed by atoms with Crippen molar-refractivity contribution in [2.24, 2.45) is 0 Å². The van der Waals surface area contributed by atoms with Crippen molar-refractivity contribution in [1.82, 2.24) is 14.5 Å². The number of sulfonamides is 1. The minimum absolute atomic E-state index is 0.182. The Kier molecular flexibility index (Phi) is 5.20. The summed E-state index contributed by atoms with van der Waals surface area (Å²) >= 11 is 0. The van der Waals surface area contributed by atoms with Gasteiger partial charge in [-0.3, -0.25) is 4.79 Å². The predicted octanol–water partition coefficient (Wildman–Crippen LogP) is 0.681. The van der Waals surface area contributed by atoms with Crippen LogP contribution in [0.15, 0.2) is 23.1 Å². The Hall–Kier alpha value is -1.44. The summed E-state index contributed by atoms with van der Waals surface area (Å²) in [6.07, 6.45) is 0. The van der Waals surface area contributed by atoms with Crippen molar-refractivity contribution in [1.29, 1.82) is 0 Å². The fourth-order valence-corrected chi connectivity index (χ4v) is 4.02. The lowest BCUT2D eigenvalue weighted by molar-refractivity contribution is 0.0962. The molecule has 0 saturated carbocycles. The lowest BCUT2D eigenvalue weighted by Crippen LogP contribution is -2.48. The van der Waals surface area contributed by atoms with Crippen LogP contribution in [0.4, 0.5) is 0 Å². The monoisotopic (exact) mass is 325 g/mol. The molecule has 0 radical (unpaired) electrons. The van der Waals surface area contributed by atoms with Crippen molar-refractivity contribution >= 4 is 15.9 Å². The zero-order chi connectivity index (χ0) is 16.3. The van der Waals surface area contributed by atoms with E-state index in [0.29, 0.717) is 18.7 Å². The molecule has 1 aromatic carbocycles. The molecule has 1 aromatic rings. The molecule has 0 spiro atoms. The van der Waals surface area contributed by atoms with Crippen LogP contribution in [0.25, 0.3) is 0 Å². The van der Waals surface area contributed by atoms with Crippen molar-refractivity contribution in [2.75, 3.05) is 39.8 Å². The molecule has 0 bridgehead atoms. The van der Waals surface area contributed by atoms with Gasteiger partial charge in [0.1, 0.15) is 0 Å². The normalized spacial score (nSPS) is 17.4. The van der Waals surface area contributed by atoms with E-state index in [-0.39, 0.29) is 10.8 Å². The molecule has 0 unspecified atom stereocenters. The summed E-state index contributed by atoms with van der Waals surface area (Å²) in [5.74, 6) is -0.273. The zero-order valence-corrected chi connectivity index (χ0v) is 14.1. The molecule has 2 rings (SSSR count). The lowest BCUT2D eigenvalue weighted by Gasteiger charge is -2.33. The van der Waals surface area contributed by atoms with E-state index in [2.05, 4.69) is 17.1 Å². The number of benzene rings is 1. The molecule has 1 heterocycles. The molecular formula is C15H23N3O3S. The predicted molar refractivity (Wildman–Crippen MR) is 85.4 cm³/mol. The van der Waals surface area contributed by atoms with E-state index in [0.717, 1.165) is 25.2 Å². The maximum atomic E-state index is 12.7. The number of aryl methyl sites for hydroxylation is 1. The summed E-state index contributed by atoms with van der Waals surface area (Å²) in [6, 6.07) is 4.72. The van der Waals surface area contributed by atoms with Gasteiger partial charge in [-0.15, -0.1) is 0 Å². The van der Waals surface area contributed by atoms with Gasteiger partial charge in [0.25, 0.3) is 5.91 Å². The standard InChI is InChI=1S/C15H23N3O3S/c1-4-17-7-9-18(10-8-17)22(20,21)13-6-5-12(2)14(11-13)15(19)16-3/h5-6,11H,4,7-10H2,1-3H3,(H,16,19). The third kappa shape index (κ3) is 3.31. The summed E-state index contributed by atoms with van der Waals surface area (Å²) in [5, 5.41) is 2.54. The molecule has 0 aromatic heterocycles. The number of hydrogen-bond acceptors (Lipinski definition) is 4. The maximum absolute atomic E-state index is 12.7. The fourth-order valence-electron chi connectivity index (χ4n) is 2.58. The fraction of sp³-hybridized carbons (Fsp3) is 0.533. The second-order valence-corrected chi connectivity index (χ2v) is 7.33. The van der Waals surface area contributed by atoms with E-state index in [1.807, 2.05) is 0 Å². The van der Waals surface area contributed by atoms with Crippen molar-refractivity contribution in [3.8, 4) is 0 Å². The third-order valence-corrected chi connectivity index (χ3v) is 5.99. The minimum Gasteiger partial charge on any atom is -0.355 e. The Morgan fingerprint density at radius 3 is 2.41 bits per heavy atom. The van der Waals surface area contributed by atoms with Crippen LogP contribution in [0.5, 0.6) is 0 Å². The highest BCUT2D eigenvalue weighted by atomic mass is 32.2. The lowest BCUT2D eigenvalue weighted by atomic mass is 10.1. The highest BCUT2D eigenvalue weighted by molar-refractivity contribution is 7.89. The summed E-state index contributed by atoms with van der Waals surface area (Å²) in [4.78, 5) is 14.2. The molecule has 1 fully saturated rings. The van der Waals surface area contributed by atoms with Crippen molar-refractivity contribution in [2.45, 2.75) is 18.7 Å². The summed E-state index contributed by atoms with van der Waals surface area (Å²) in [7, 11) is -2.01. The van der Waals surface area contributed by atoms with E-state index < -0.39 is 10.0 Å². The molecule has 22 heavy (non-hydrogen) atoms. The summed E-state index contributed by atoms with van der Waals surface area (Å²) < 4.78 is 27.0. The van der Waals surface area contributed by atoms with Crippen LogP contribution in [0.3, 0.4) is 0 Å². The number of rotatable bonds is 4. The van der Waals surface area contributed by atoms with Gasteiger partial charge in [-0.25, -0.2) is 8.42 Å². The SMILES string of the molecule is CCN1CCN(S(=O)(=O)c2ccc(C)c(C(=O)NC)c2)CC1. The number of piperazine rings is 1. The van der Waals surface area contributed by atoms with Gasteiger partial charge < -0.3 is 10.2 Å². The molecule has 7 heteroatoms. The van der Waals surface area contributed by atoms with Gasteiger partial charge in [-0.05, 0) is 31.2 Å². The molecule has 122 valence electrons. The van der Waals surface area contributed by atoms with E-state index >= 15 is 0 Å². The molecule has 1 amide bonds. The van der Waals surface area contributed by atoms with Gasteiger partial charge in [0.15, 0.2) is 0 Å². The second-order valence-electron chi connectivity index (χ2n) is 5.39. The summed E-state index contributed by atoms with van der Waals surface area (Å²) in [5.41, 5.74) is 1.16. The first-order valence-electron chi connectivity index (χ1n) is 7.45. The van der Waals surface area contributed by atoms with Crippen LogP contribution in [0, 0.1) is 6.92 Å². The second kappa shape index (κ2) is 6.76. The third-order valence-electron chi connectivity index (χ3n) is 4.10. The number of carbonyl (C=O) groups excluding carboxylic acids is 1. The van der Waals surface area contributed by atoms with Crippen LogP contribution in [0.2, 0.25) is 0 Å². The number of carbonyl (C=O) groups is 1. The first-order chi connectivity index (χ1) is 10.4. The molecule has 0 aliphatic carbocycles. The van der Waals surface area contributed by atoms with E-state index in [9.17, 15) is 13.2 Å². The van der Waals surface area contributed by atoms with Gasteiger partial charge in [-0.2, -0.15) is 4.31 Å². The van der Waals surface area contributed by atoms with Crippen molar-refractivity contribution < 1.29 is 13.2 Å². The van der Waals surface area contributed by atoms with Crippen LogP contribution >= 0.6 is 0 Å². The number of nitrogens with one attached hydrogen (secondary N) is 1. The van der Waals surface area contributed by atoms with Gasteiger partial charge in [0, 0.05) is 38.8 Å². The number of amides is 1. The van der Waals surface area contributed by atoms with Gasteiger partial charge >= 0.3 is 0 Å². The molecule has 6 nitrogen and oxygen atoms in total. The van der Waals surface area contributed by atoms with Crippen LogP contribution in [-0.4, -0.2) is 63.3 Å². The molecule has 1 aliphatic heterocycles. The summed E-state index contributed by atoms with van der Waals surface area (Å²) in [6.45, 7) is 7.24. The smallest absolute Gasteiger partial charge is 0.251 e. The van der Waals surface area contributed by atoms with Crippen LogP contribution in [0.1, 0.15) is 22.8 Å². The van der Waals surface area contributed by atoms with Crippen LogP contribution < -0.4 is 5.32 Å². The van der Waals surface area contributed by atoms with Gasteiger partial charge in [0.05, 0.1) is 4.90 Å². The number of likely N-dealkylation sites (N-methyl/N-ethyl adjacent to an activating group) is 1. The molecule has 1 saturated heterocycles. The van der Waals surface area contributed by atoms with Crippen molar-refractivity contribution in [3.63, 3.8) is 0 Å². The molecule has 1 N–H and O–H groups in total. The Morgan fingerprint density at radius 1 is 1.23 bits per heavy atom. The molecular weight excluding hydrogens is 302 g/mol.